The number of rotatable bonds is 9. The third-order valence-corrected chi connectivity index (χ3v) is 5.51. The van der Waals surface area contributed by atoms with Crippen molar-refractivity contribution < 1.29 is 19.1 Å². The van der Waals surface area contributed by atoms with E-state index in [1.54, 1.807) is 24.3 Å². The lowest BCUT2D eigenvalue weighted by Crippen LogP contribution is -2.34. The molecule has 0 spiro atoms. The van der Waals surface area contributed by atoms with Gasteiger partial charge in [-0.05, 0) is 67.7 Å². The summed E-state index contributed by atoms with van der Waals surface area (Å²) in [7, 11) is 0. The second-order valence-corrected chi connectivity index (χ2v) is 8.30. The molecule has 8 heteroatoms. The van der Waals surface area contributed by atoms with Crippen molar-refractivity contribution in [3.8, 4) is 0 Å². The van der Waals surface area contributed by atoms with Gasteiger partial charge in [0.05, 0.1) is 13.0 Å². The van der Waals surface area contributed by atoms with E-state index in [9.17, 15) is 14.4 Å². The molecule has 1 aliphatic rings. The Bertz CT molecular complexity index is 957. The molecule has 2 amide bonds. The predicted octanol–water partition coefficient (Wildman–Crippen LogP) is 3.69. The van der Waals surface area contributed by atoms with Crippen LogP contribution in [0.1, 0.15) is 48.0 Å². The Balaban J connectivity index is 1.30. The number of thiocarbonyl (C=S) groups is 1. The van der Waals surface area contributed by atoms with E-state index in [1.807, 2.05) is 35.2 Å². The van der Waals surface area contributed by atoms with Crippen LogP contribution in [-0.2, 0) is 20.7 Å². The first-order chi connectivity index (χ1) is 16.0. The average Bonchev–Trinajstić information content (AvgIpc) is 3.36. The standard InChI is InChI=1S/C25H29N3O4S/c29-22(14-15-23(30)32-18-6-9-19-7-2-1-3-8-19)27-25(33)26-21-12-10-20(11-13-21)24(31)28-16-4-5-17-28/h1-3,7-8,10-13H,4-6,9,14-18H2,(H2,26,27,29,33). The minimum absolute atomic E-state index is 0.00685. The Morgan fingerprint density at radius 3 is 2.33 bits per heavy atom. The van der Waals surface area contributed by atoms with Crippen LogP contribution in [0.15, 0.2) is 54.6 Å². The van der Waals surface area contributed by atoms with Crippen molar-refractivity contribution in [3.63, 3.8) is 0 Å². The molecule has 0 unspecified atom stereocenters. The molecule has 1 aliphatic heterocycles. The van der Waals surface area contributed by atoms with Crippen LogP contribution in [-0.4, -0.2) is 47.5 Å². The quantitative estimate of drug-likeness (QED) is 0.332. The highest BCUT2D eigenvalue weighted by atomic mass is 32.1. The minimum atomic E-state index is -0.407. The van der Waals surface area contributed by atoms with Crippen molar-refractivity contribution in [3.05, 3.63) is 65.7 Å². The number of carbonyl (C=O) groups excluding carboxylic acids is 3. The van der Waals surface area contributed by atoms with E-state index in [0.29, 0.717) is 17.9 Å². The van der Waals surface area contributed by atoms with Gasteiger partial charge in [-0.25, -0.2) is 0 Å². The van der Waals surface area contributed by atoms with Crippen molar-refractivity contribution in [2.24, 2.45) is 0 Å². The van der Waals surface area contributed by atoms with Gasteiger partial charge in [0.15, 0.2) is 5.11 Å². The van der Waals surface area contributed by atoms with E-state index >= 15 is 0 Å². The van der Waals surface area contributed by atoms with Gasteiger partial charge in [0.1, 0.15) is 0 Å². The molecule has 1 saturated heterocycles. The van der Waals surface area contributed by atoms with Crippen LogP contribution >= 0.6 is 12.2 Å². The number of anilines is 1. The van der Waals surface area contributed by atoms with E-state index in [0.717, 1.165) is 38.8 Å². The summed E-state index contributed by atoms with van der Waals surface area (Å²) >= 11 is 5.16. The van der Waals surface area contributed by atoms with Gasteiger partial charge < -0.3 is 20.3 Å². The second kappa shape index (κ2) is 12.7. The van der Waals surface area contributed by atoms with Gasteiger partial charge in [-0.2, -0.15) is 0 Å². The molecule has 1 heterocycles. The zero-order chi connectivity index (χ0) is 23.5. The molecule has 0 bridgehead atoms. The number of likely N-dealkylation sites (tertiary alicyclic amines) is 1. The maximum Gasteiger partial charge on any atom is 0.306 e. The van der Waals surface area contributed by atoms with Gasteiger partial charge in [-0.15, -0.1) is 0 Å². The molecule has 0 saturated carbocycles. The first kappa shape index (κ1) is 24.4. The van der Waals surface area contributed by atoms with Gasteiger partial charge in [-0.3, -0.25) is 14.4 Å². The zero-order valence-electron chi connectivity index (χ0n) is 18.5. The summed E-state index contributed by atoms with van der Waals surface area (Å²) < 4.78 is 5.18. The summed E-state index contributed by atoms with van der Waals surface area (Å²) in [6.07, 6.45) is 3.65. The molecule has 174 valence electrons. The Morgan fingerprint density at radius 2 is 1.64 bits per heavy atom. The fourth-order valence-electron chi connectivity index (χ4n) is 3.55. The first-order valence-corrected chi connectivity index (χ1v) is 11.6. The van der Waals surface area contributed by atoms with Gasteiger partial charge >= 0.3 is 5.97 Å². The van der Waals surface area contributed by atoms with E-state index in [2.05, 4.69) is 10.6 Å². The van der Waals surface area contributed by atoms with Crippen LogP contribution in [0.3, 0.4) is 0 Å². The Morgan fingerprint density at radius 1 is 0.939 bits per heavy atom. The third kappa shape index (κ3) is 8.31. The molecular formula is C25H29N3O4S. The van der Waals surface area contributed by atoms with Crippen molar-refractivity contribution in [2.45, 2.75) is 38.5 Å². The molecule has 7 nitrogen and oxygen atoms in total. The topological polar surface area (TPSA) is 87.7 Å². The van der Waals surface area contributed by atoms with Crippen LogP contribution in [0.5, 0.6) is 0 Å². The third-order valence-electron chi connectivity index (χ3n) is 5.31. The largest absolute Gasteiger partial charge is 0.466 e. The van der Waals surface area contributed by atoms with Crippen LogP contribution in [0, 0.1) is 0 Å². The Labute approximate surface area is 199 Å². The van der Waals surface area contributed by atoms with Crippen molar-refractivity contribution in [2.75, 3.05) is 25.0 Å². The summed E-state index contributed by atoms with van der Waals surface area (Å²) in [6.45, 7) is 1.93. The molecule has 0 atom stereocenters. The maximum absolute atomic E-state index is 12.4. The summed E-state index contributed by atoms with van der Waals surface area (Å²) in [5, 5.41) is 5.60. The van der Waals surface area contributed by atoms with Gasteiger partial charge in [0.2, 0.25) is 5.91 Å². The number of hydrogen-bond donors (Lipinski definition) is 2. The number of hydrogen-bond acceptors (Lipinski definition) is 5. The lowest BCUT2D eigenvalue weighted by molar-refractivity contribution is -0.145. The number of aryl methyl sites for hydroxylation is 1. The van der Waals surface area contributed by atoms with E-state index in [4.69, 9.17) is 17.0 Å². The number of carbonyl (C=O) groups is 3. The average molecular weight is 468 g/mol. The Hall–Kier alpha value is -3.26. The van der Waals surface area contributed by atoms with Crippen molar-refractivity contribution in [1.29, 1.82) is 0 Å². The molecule has 2 aromatic carbocycles. The van der Waals surface area contributed by atoms with E-state index in [-0.39, 0.29) is 29.8 Å². The van der Waals surface area contributed by atoms with Crippen molar-refractivity contribution >= 4 is 40.8 Å². The molecule has 0 aliphatic carbocycles. The minimum Gasteiger partial charge on any atom is -0.466 e. The van der Waals surface area contributed by atoms with Crippen LogP contribution in [0.25, 0.3) is 0 Å². The number of nitrogens with one attached hydrogen (secondary N) is 2. The van der Waals surface area contributed by atoms with E-state index in [1.165, 1.54) is 5.56 Å². The summed E-state index contributed by atoms with van der Waals surface area (Å²) in [5.41, 5.74) is 2.48. The second-order valence-electron chi connectivity index (χ2n) is 7.89. The summed E-state index contributed by atoms with van der Waals surface area (Å²) in [4.78, 5) is 38.1. The molecule has 2 aromatic rings. The summed E-state index contributed by atoms with van der Waals surface area (Å²) in [5.74, 6) is -0.744. The van der Waals surface area contributed by atoms with Crippen LogP contribution in [0.4, 0.5) is 5.69 Å². The molecule has 0 aromatic heterocycles. The van der Waals surface area contributed by atoms with E-state index < -0.39 is 5.97 Å². The number of benzene rings is 2. The van der Waals surface area contributed by atoms with Gasteiger partial charge in [-0.1, -0.05) is 30.3 Å². The number of esters is 1. The molecule has 3 rings (SSSR count). The molecule has 1 fully saturated rings. The lowest BCUT2D eigenvalue weighted by atomic mass is 10.1. The molecule has 33 heavy (non-hydrogen) atoms. The number of nitrogens with zero attached hydrogens (tertiary/aromatic N) is 1. The normalized spacial score (nSPS) is 12.8. The first-order valence-electron chi connectivity index (χ1n) is 11.2. The molecule has 0 radical (unpaired) electrons. The number of ether oxygens (including phenoxy) is 1. The highest BCUT2D eigenvalue weighted by Gasteiger charge is 2.19. The lowest BCUT2D eigenvalue weighted by Gasteiger charge is -2.15. The van der Waals surface area contributed by atoms with Crippen LogP contribution < -0.4 is 10.6 Å². The zero-order valence-corrected chi connectivity index (χ0v) is 19.4. The number of amides is 2. The van der Waals surface area contributed by atoms with Gasteiger partial charge in [0.25, 0.3) is 5.91 Å². The highest BCUT2D eigenvalue weighted by molar-refractivity contribution is 7.80. The monoisotopic (exact) mass is 467 g/mol. The highest BCUT2D eigenvalue weighted by Crippen LogP contribution is 2.15. The fourth-order valence-corrected chi connectivity index (χ4v) is 3.78. The van der Waals surface area contributed by atoms with Gasteiger partial charge in [0, 0.05) is 30.8 Å². The molecular weight excluding hydrogens is 438 g/mol. The maximum atomic E-state index is 12.4. The molecule has 2 N–H and O–H groups in total. The smallest absolute Gasteiger partial charge is 0.306 e. The Kier molecular flexibility index (Phi) is 9.38. The fraction of sp³-hybridized carbons (Fsp3) is 0.360. The van der Waals surface area contributed by atoms with Crippen molar-refractivity contribution in [1.82, 2.24) is 10.2 Å². The SMILES string of the molecule is O=C(CCC(=O)OCCCc1ccccc1)NC(=S)Nc1ccc(C(=O)N2CCCC2)cc1. The van der Waals surface area contributed by atoms with Crippen LogP contribution in [0.2, 0.25) is 0 Å². The summed E-state index contributed by atoms with van der Waals surface area (Å²) in [6, 6.07) is 16.9. The predicted molar refractivity (Wildman–Crippen MR) is 131 cm³/mol.